The van der Waals surface area contributed by atoms with Crippen LogP contribution in [0.15, 0.2) is 99.3 Å². The number of amides is 2. The first-order valence-corrected chi connectivity index (χ1v) is 12.7. The second-order valence-corrected chi connectivity index (χ2v) is 9.54. The van der Waals surface area contributed by atoms with Gasteiger partial charge in [0.25, 0.3) is 5.91 Å². The van der Waals surface area contributed by atoms with Gasteiger partial charge in [0.05, 0.1) is 45.7 Å². The van der Waals surface area contributed by atoms with Crippen molar-refractivity contribution in [3.8, 4) is 6.07 Å². The zero-order valence-electron chi connectivity index (χ0n) is 20.6. The predicted octanol–water partition coefficient (Wildman–Crippen LogP) is 5.68. The number of nitriles is 1. The third-order valence-corrected chi connectivity index (χ3v) is 6.86. The number of halogens is 3. The van der Waals surface area contributed by atoms with Gasteiger partial charge in [0.2, 0.25) is 5.91 Å². The maximum absolute atomic E-state index is 13.4. The molecule has 1 atom stereocenters. The lowest BCUT2D eigenvalue weighted by Crippen LogP contribution is -2.31. The van der Waals surface area contributed by atoms with Crippen LogP contribution in [0.2, 0.25) is 0 Å². The number of allylic oxidation sites excluding steroid dienone is 2. The summed E-state index contributed by atoms with van der Waals surface area (Å²) < 4.78 is 45.0. The molecular formula is C28H23F3N4O3S. The standard InChI is InChI=1S/C28H23F3N4O3S/c1-17-24(26(37)35-20-10-5-9-19(13-20)28(29,30)31)25(22-11-6-12-38-22)21(14-32)27(34-17)39-16-23(36)33-15-18-7-3-2-4-8-18/h2-13,25,34H,15-16H2,1H3,(H,33,36)(H,35,37)/t25-/m1/s1. The molecule has 0 fully saturated rings. The zero-order chi connectivity index (χ0) is 28.0. The average Bonchev–Trinajstić information content (AvgIpc) is 3.45. The number of carbonyl (C=O) groups is 2. The number of rotatable bonds is 8. The van der Waals surface area contributed by atoms with Crippen molar-refractivity contribution >= 4 is 29.3 Å². The number of thioether (sulfide) groups is 1. The quantitative estimate of drug-likeness (QED) is 0.332. The Hall–Kier alpha value is -4.43. The third kappa shape index (κ3) is 6.72. The van der Waals surface area contributed by atoms with E-state index >= 15 is 0 Å². The SMILES string of the molecule is CC1=C(C(=O)Nc2cccc(C(F)(F)F)c2)[C@@H](c2ccco2)C(C#N)=C(SCC(=O)NCc2ccccc2)N1. The molecule has 0 aliphatic carbocycles. The van der Waals surface area contributed by atoms with Gasteiger partial charge in [0, 0.05) is 17.9 Å². The first-order valence-electron chi connectivity index (χ1n) is 11.7. The van der Waals surface area contributed by atoms with E-state index in [1.165, 1.54) is 18.4 Å². The van der Waals surface area contributed by atoms with E-state index in [2.05, 4.69) is 22.0 Å². The molecule has 0 bridgehead atoms. The van der Waals surface area contributed by atoms with Crippen LogP contribution in [0, 0.1) is 11.3 Å². The van der Waals surface area contributed by atoms with Gasteiger partial charge in [-0.1, -0.05) is 48.2 Å². The number of anilines is 1. The molecular weight excluding hydrogens is 529 g/mol. The Labute approximate surface area is 226 Å². The van der Waals surface area contributed by atoms with Crippen molar-refractivity contribution in [2.45, 2.75) is 25.6 Å². The van der Waals surface area contributed by atoms with Crippen LogP contribution in [-0.2, 0) is 22.3 Å². The molecule has 4 rings (SSSR count). The van der Waals surface area contributed by atoms with Crippen LogP contribution in [0.4, 0.5) is 18.9 Å². The fourth-order valence-electron chi connectivity index (χ4n) is 4.02. The Morgan fingerprint density at radius 3 is 2.54 bits per heavy atom. The lowest BCUT2D eigenvalue weighted by atomic mass is 9.85. The van der Waals surface area contributed by atoms with Crippen LogP contribution in [0.5, 0.6) is 0 Å². The van der Waals surface area contributed by atoms with E-state index in [1.807, 2.05) is 30.3 Å². The van der Waals surface area contributed by atoms with Gasteiger partial charge in [-0.25, -0.2) is 0 Å². The highest BCUT2D eigenvalue weighted by Crippen LogP contribution is 2.41. The van der Waals surface area contributed by atoms with Crippen LogP contribution < -0.4 is 16.0 Å². The molecule has 7 nitrogen and oxygen atoms in total. The van der Waals surface area contributed by atoms with Crippen molar-refractivity contribution in [3.63, 3.8) is 0 Å². The molecule has 0 saturated heterocycles. The van der Waals surface area contributed by atoms with Gasteiger partial charge in [0.1, 0.15) is 5.76 Å². The molecule has 2 amide bonds. The van der Waals surface area contributed by atoms with Crippen molar-refractivity contribution in [1.29, 1.82) is 5.26 Å². The second-order valence-electron chi connectivity index (χ2n) is 8.55. The number of alkyl halides is 3. The lowest BCUT2D eigenvalue weighted by Gasteiger charge is -2.28. The minimum atomic E-state index is -4.57. The van der Waals surface area contributed by atoms with Crippen molar-refractivity contribution in [3.05, 3.63) is 112 Å². The maximum atomic E-state index is 13.4. The molecule has 0 spiro atoms. The normalized spacial score (nSPS) is 15.4. The molecule has 200 valence electrons. The van der Waals surface area contributed by atoms with Crippen LogP contribution in [0.25, 0.3) is 0 Å². The molecule has 0 radical (unpaired) electrons. The molecule has 3 aromatic rings. The first kappa shape index (κ1) is 27.6. The van der Waals surface area contributed by atoms with E-state index in [9.17, 15) is 28.0 Å². The van der Waals surface area contributed by atoms with Gasteiger partial charge in [-0.05, 0) is 42.8 Å². The van der Waals surface area contributed by atoms with E-state index in [0.717, 1.165) is 29.5 Å². The topological polar surface area (TPSA) is 107 Å². The van der Waals surface area contributed by atoms with Gasteiger partial charge in [0.15, 0.2) is 0 Å². The minimum absolute atomic E-state index is 0.00423. The highest BCUT2D eigenvalue weighted by molar-refractivity contribution is 8.03. The molecule has 3 N–H and O–H groups in total. The van der Waals surface area contributed by atoms with E-state index in [0.29, 0.717) is 23.0 Å². The summed E-state index contributed by atoms with van der Waals surface area (Å²) in [5, 5.41) is 18.8. The number of nitrogens with zero attached hydrogens (tertiary/aromatic N) is 1. The van der Waals surface area contributed by atoms with Crippen LogP contribution in [-0.4, -0.2) is 17.6 Å². The van der Waals surface area contributed by atoms with Gasteiger partial charge in [-0.3, -0.25) is 9.59 Å². The Morgan fingerprint density at radius 1 is 1.10 bits per heavy atom. The summed E-state index contributed by atoms with van der Waals surface area (Å²) in [6, 6.07) is 19.0. The molecule has 39 heavy (non-hydrogen) atoms. The van der Waals surface area contributed by atoms with Crippen molar-refractivity contribution in [2.24, 2.45) is 0 Å². The number of nitrogens with one attached hydrogen (secondary N) is 3. The summed E-state index contributed by atoms with van der Waals surface area (Å²) in [6.07, 6.45) is -3.18. The fraction of sp³-hybridized carbons (Fsp3) is 0.179. The smallest absolute Gasteiger partial charge is 0.416 e. The van der Waals surface area contributed by atoms with Crippen LogP contribution >= 0.6 is 11.8 Å². The average molecular weight is 553 g/mol. The number of benzene rings is 2. The lowest BCUT2D eigenvalue weighted by molar-refractivity contribution is -0.137. The van der Waals surface area contributed by atoms with Gasteiger partial charge < -0.3 is 20.4 Å². The summed E-state index contributed by atoms with van der Waals surface area (Å²) in [5.74, 6) is -1.58. The van der Waals surface area contributed by atoms with Gasteiger partial charge in [-0.2, -0.15) is 18.4 Å². The monoisotopic (exact) mass is 552 g/mol. The van der Waals surface area contributed by atoms with E-state index in [4.69, 9.17) is 4.42 Å². The summed E-state index contributed by atoms with van der Waals surface area (Å²) >= 11 is 1.10. The third-order valence-electron chi connectivity index (χ3n) is 5.85. The molecule has 1 aliphatic rings. The summed E-state index contributed by atoms with van der Waals surface area (Å²) in [6.45, 7) is 1.97. The first-order chi connectivity index (χ1) is 18.7. The number of dihydropyridines is 1. The molecule has 1 aliphatic heterocycles. The highest BCUT2D eigenvalue weighted by atomic mass is 32.2. The molecule has 2 aromatic carbocycles. The summed E-state index contributed by atoms with van der Waals surface area (Å²) in [5.41, 5.74) is 0.606. The zero-order valence-corrected chi connectivity index (χ0v) is 21.5. The molecule has 0 saturated carbocycles. The highest BCUT2D eigenvalue weighted by Gasteiger charge is 2.37. The van der Waals surface area contributed by atoms with Crippen molar-refractivity contribution < 1.29 is 27.2 Å². The Kier molecular flexibility index (Phi) is 8.46. The van der Waals surface area contributed by atoms with Crippen molar-refractivity contribution in [1.82, 2.24) is 10.6 Å². The van der Waals surface area contributed by atoms with E-state index in [1.54, 1.807) is 19.1 Å². The maximum Gasteiger partial charge on any atom is 0.416 e. The van der Waals surface area contributed by atoms with E-state index < -0.39 is 23.6 Å². The largest absolute Gasteiger partial charge is 0.468 e. The number of hydrogen-bond acceptors (Lipinski definition) is 6. The predicted molar refractivity (Wildman–Crippen MR) is 141 cm³/mol. The number of carbonyl (C=O) groups excluding carboxylic acids is 2. The van der Waals surface area contributed by atoms with Gasteiger partial charge in [-0.15, -0.1) is 0 Å². The van der Waals surface area contributed by atoms with Crippen LogP contribution in [0.3, 0.4) is 0 Å². The Balaban J connectivity index is 1.55. The minimum Gasteiger partial charge on any atom is -0.468 e. The van der Waals surface area contributed by atoms with E-state index in [-0.39, 0.29) is 28.5 Å². The number of hydrogen-bond donors (Lipinski definition) is 3. The summed E-state index contributed by atoms with van der Waals surface area (Å²) in [7, 11) is 0. The molecule has 11 heteroatoms. The fourth-order valence-corrected chi connectivity index (χ4v) is 4.95. The Bertz CT molecular complexity index is 1460. The van der Waals surface area contributed by atoms with Crippen LogP contribution in [0.1, 0.15) is 29.7 Å². The molecule has 2 heterocycles. The summed E-state index contributed by atoms with van der Waals surface area (Å²) in [4.78, 5) is 25.8. The second kappa shape index (κ2) is 12.0. The Morgan fingerprint density at radius 2 is 1.87 bits per heavy atom. The molecule has 1 aromatic heterocycles. The van der Waals surface area contributed by atoms with Gasteiger partial charge >= 0.3 is 6.18 Å². The van der Waals surface area contributed by atoms with Crippen molar-refractivity contribution in [2.75, 3.05) is 11.1 Å². The molecule has 0 unspecified atom stereocenters. The number of furan rings is 1.